The zero-order valence-corrected chi connectivity index (χ0v) is 22.2. The number of methoxy groups -OCH3 is 2. The van der Waals surface area contributed by atoms with Gasteiger partial charge in [0.25, 0.3) is 5.56 Å². The van der Waals surface area contributed by atoms with E-state index in [2.05, 4.69) is 0 Å². The van der Waals surface area contributed by atoms with Crippen LogP contribution >= 0.6 is 11.8 Å². The van der Waals surface area contributed by atoms with Crippen LogP contribution in [0, 0.1) is 0 Å². The Bertz CT molecular complexity index is 1740. The highest BCUT2D eigenvalue weighted by molar-refractivity contribution is 8.00. The third kappa shape index (κ3) is 4.42. The van der Waals surface area contributed by atoms with E-state index in [0.717, 1.165) is 16.8 Å². The Kier molecular flexibility index (Phi) is 6.54. The molecule has 1 unspecified atom stereocenters. The number of benzene rings is 4. The molecule has 0 saturated carbocycles. The first-order valence-electron chi connectivity index (χ1n) is 12.4. The van der Waals surface area contributed by atoms with Crippen molar-refractivity contribution >= 4 is 34.3 Å². The van der Waals surface area contributed by atoms with Crippen molar-refractivity contribution in [2.24, 2.45) is 0 Å². The molecule has 1 aliphatic rings. The fraction of sp³-hybridized carbons (Fsp3) is 0.129. The summed E-state index contributed by atoms with van der Waals surface area (Å²) in [6.07, 6.45) is 0. The minimum atomic E-state index is -0.215. The van der Waals surface area contributed by atoms with Crippen molar-refractivity contribution < 1.29 is 14.3 Å². The molecule has 194 valence electrons. The van der Waals surface area contributed by atoms with Crippen molar-refractivity contribution in [3.8, 4) is 28.6 Å². The summed E-state index contributed by atoms with van der Waals surface area (Å²) in [5.41, 5.74) is 3.69. The zero-order chi connectivity index (χ0) is 26.9. The van der Waals surface area contributed by atoms with E-state index in [0.29, 0.717) is 39.7 Å². The first-order valence-corrected chi connectivity index (χ1v) is 13.5. The Morgan fingerprint density at radius 2 is 1.49 bits per heavy atom. The van der Waals surface area contributed by atoms with Crippen molar-refractivity contribution in [3.63, 3.8) is 0 Å². The van der Waals surface area contributed by atoms with Crippen LogP contribution in [0.15, 0.2) is 102 Å². The molecule has 4 aromatic carbocycles. The number of hydrogen-bond donors (Lipinski definition) is 0. The Morgan fingerprint density at radius 3 is 2.23 bits per heavy atom. The van der Waals surface area contributed by atoms with Gasteiger partial charge in [-0.05, 0) is 54.1 Å². The van der Waals surface area contributed by atoms with Crippen LogP contribution in [0.4, 0.5) is 5.69 Å². The highest BCUT2D eigenvalue weighted by Gasteiger charge is 2.34. The number of rotatable bonds is 6. The van der Waals surface area contributed by atoms with Crippen molar-refractivity contribution in [1.29, 1.82) is 0 Å². The number of carbonyl (C=O) groups excluding carboxylic acids is 1. The standard InChI is InChI=1S/C31H25N3O4S/c1-37-26-17-12-21(18-27(26)38-2)31-33(28(35)19-39-31)22-13-15-23(16-14-22)34-29(20-8-4-3-5-9-20)32-25-11-7-6-10-24(25)30(34)36/h3-18,31H,19H2,1-2H3. The lowest BCUT2D eigenvalue weighted by Crippen LogP contribution is -2.28. The van der Waals surface area contributed by atoms with Gasteiger partial charge in [-0.2, -0.15) is 0 Å². The summed E-state index contributed by atoms with van der Waals surface area (Å²) in [5.74, 6) is 2.19. The van der Waals surface area contributed by atoms with Gasteiger partial charge in [0, 0.05) is 11.3 Å². The fourth-order valence-electron chi connectivity index (χ4n) is 4.87. The largest absolute Gasteiger partial charge is 0.493 e. The van der Waals surface area contributed by atoms with E-state index in [-0.39, 0.29) is 16.8 Å². The summed E-state index contributed by atoms with van der Waals surface area (Å²) in [6.45, 7) is 0. The van der Waals surface area contributed by atoms with Crippen LogP contribution in [0.2, 0.25) is 0 Å². The lowest BCUT2D eigenvalue weighted by atomic mass is 10.1. The summed E-state index contributed by atoms with van der Waals surface area (Å²) >= 11 is 1.56. The summed E-state index contributed by atoms with van der Waals surface area (Å²) in [6, 6.07) is 30.2. The molecule has 0 bridgehead atoms. The second-order valence-electron chi connectivity index (χ2n) is 9.02. The van der Waals surface area contributed by atoms with Crippen molar-refractivity contribution in [1.82, 2.24) is 9.55 Å². The average molecular weight is 536 g/mol. The maximum Gasteiger partial charge on any atom is 0.266 e. The predicted molar refractivity (Wildman–Crippen MR) is 155 cm³/mol. The van der Waals surface area contributed by atoms with E-state index >= 15 is 0 Å². The fourth-order valence-corrected chi connectivity index (χ4v) is 6.04. The number of thioether (sulfide) groups is 1. The van der Waals surface area contributed by atoms with Gasteiger partial charge in [0.15, 0.2) is 11.5 Å². The molecule has 2 heterocycles. The molecule has 0 radical (unpaired) electrons. The molecule has 0 aliphatic carbocycles. The molecule has 7 nitrogen and oxygen atoms in total. The number of anilines is 1. The monoisotopic (exact) mass is 535 g/mol. The second kappa shape index (κ2) is 10.3. The molecule has 1 aliphatic heterocycles. The van der Waals surface area contributed by atoms with E-state index in [1.54, 1.807) is 41.5 Å². The number of fused-ring (bicyclic) bond motifs is 1. The van der Waals surface area contributed by atoms with E-state index in [1.807, 2.05) is 91.0 Å². The molecule has 0 N–H and O–H groups in total. The number of para-hydroxylation sites is 1. The molecule has 1 amide bonds. The maximum atomic E-state index is 13.7. The normalized spacial score (nSPS) is 15.1. The van der Waals surface area contributed by atoms with Crippen LogP contribution in [0.3, 0.4) is 0 Å². The third-order valence-electron chi connectivity index (χ3n) is 6.75. The Balaban J connectivity index is 1.42. The van der Waals surface area contributed by atoms with Crippen molar-refractivity contribution in [3.05, 3.63) is 113 Å². The van der Waals surface area contributed by atoms with Gasteiger partial charge in [-0.25, -0.2) is 4.98 Å². The molecule has 1 atom stereocenters. The number of nitrogens with zero attached hydrogens (tertiary/aromatic N) is 3. The molecule has 1 saturated heterocycles. The lowest BCUT2D eigenvalue weighted by Gasteiger charge is -2.25. The first-order chi connectivity index (χ1) is 19.1. The van der Waals surface area contributed by atoms with Gasteiger partial charge in [-0.15, -0.1) is 11.8 Å². The molecule has 1 aromatic heterocycles. The maximum absolute atomic E-state index is 13.7. The Labute approximate surface area is 229 Å². The molecule has 8 heteroatoms. The second-order valence-corrected chi connectivity index (χ2v) is 10.1. The van der Waals surface area contributed by atoms with Crippen LogP contribution < -0.4 is 19.9 Å². The molecule has 1 fully saturated rings. The predicted octanol–water partition coefficient (Wildman–Crippen LogP) is 5.85. The summed E-state index contributed by atoms with van der Waals surface area (Å²) in [5, 5.41) is 0.328. The molecule has 39 heavy (non-hydrogen) atoms. The number of carbonyl (C=O) groups is 1. The molecule has 5 aromatic rings. The minimum absolute atomic E-state index is 0.0158. The first kappa shape index (κ1) is 24.8. The Morgan fingerprint density at radius 1 is 0.795 bits per heavy atom. The summed E-state index contributed by atoms with van der Waals surface area (Å²) in [7, 11) is 3.19. The van der Waals surface area contributed by atoms with Gasteiger partial charge >= 0.3 is 0 Å². The van der Waals surface area contributed by atoms with Gasteiger partial charge in [-0.1, -0.05) is 48.5 Å². The molecular weight excluding hydrogens is 510 g/mol. The third-order valence-corrected chi connectivity index (χ3v) is 7.97. The van der Waals surface area contributed by atoms with Crippen LogP contribution in [-0.4, -0.2) is 35.4 Å². The van der Waals surface area contributed by atoms with Crippen molar-refractivity contribution in [2.45, 2.75) is 5.37 Å². The SMILES string of the molecule is COc1ccc(C2SCC(=O)N2c2ccc(-n3c(-c4ccccc4)nc4ccccc4c3=O)cc2)cc1OC. The van der Waals surface area contributed by atoms with Crippen LogP contribution in [0.5, 0.6) is 11.5 Å². The zero-order valence-electron chi connectivity index (χ0n) is 21.4. The smallest absolute Gasteiger partial charge is 0.266 e. The number of amides is 1. The van der Waals surface area contributed by atoms with Gasteiger partial charge in [0.05, 0.1) is 36.6 Å². The highest BCUT2D eigenvalue weighted by Crippen LogP contribution is 2.44. The topological polar surface area (TPSA) is 73.7 Å². The quantitative estimate of drug-likeness (QED) is 0.272. The number of hydrogen-bond acceptors (Lipinski definition) is 6. The van der Waals surface area contributed by atoms with Crippen molar-refractivity contribution in [2.75, 3.05) is 24.9 Å². The van der Waals surface area contributed by atoms with E-state index in [1.165, 1.54) is 0 Å². The highest BCUT2D eigenvalue weighted by atomic mass is 32.2. The van der Waals surface area contributed by atoms with E-state index < -0.39 is 0 Å². The number of aromatic nitrogens is 2. The van der Waals surface area contributed by atoms with Crippen LogP contribution in [-0.2, 0) is 4.79 Å². The van der Waals surface area contributed by atoms with Crippen LogP contribution in [0.1, 0.15) is 10.9 Å². The molecule has 6 rings (SSSR count). The van der Waals surface area contributed by atoms with Crippen LogP contribution in [0.25, 0.3) is 28.0 Å². The Hall–Kier alpha value is -4.56. The summed E-state index contributed by atoms with van der Waals surface area (Å²) in [4.78, 5) is 33.4. The van der Waals surface area contributed by atoms with Gasteiger partial charge in [0.1, 0.15) is 11.2 Å². The van der Waals surface area contributed by atoms with E-state index in [9.17, 15) is 9.59 Å². The molecular formula is C31H25N3O4S. The summed E-state index contributed by atoms with van der Waals surface area (Å²) < 4.78 is 12.5. The average Bonchev–Trinajstić information content (AvgIpc) is 3.38. The number of ether oxygens (including phenoxy) is 2. The van der Waals surface area contributed by atoms with Gasteiger partial charge in [-0.3, -0.25) is 19.1 Å². The van der Waals surface area contributed by atoms with Gasteiger partial charge < -0.3 is 9.47 Å². The minimum Gasteiger partial charge on any atom is -0.493 e. The molecule has 0 spiro atoms. The van der Waals surface area contributed by atoms with E-state index in [4.69, 9.17) is 14.5 Å². The lowest BCUT2D eigenvalue weighted by molar-refractivity contribution is -0.115. The van der Waals surface area contributed by atoms with Gasteiger partial charge in [0.2, 0.25) is 5.91 Å².